The number of rotatable bonds is 1. The van der Waals surface area contributed by atoms with Crippen LogP contribution in [0.4, 0.5) is 11.4 Å². The van der Waals surface area contributed by atoms with Crippen molar-refractivity contribution < 1.29 is 4.74 Å². The first-order valence-corrected chi connectivity index (χ1v) is 6.16. The molecule has 0 spiro atoms. The monoisotopic (exact) mass is 234 g/mol. The summed E-state index contributed by atoms with van der Waals surface area (Å²) >= 11 is 0. The molecule has 94 valence electrons. The Bertz CT molecular complexity index is 415. The summed E-state index contributed by atoms with van der Waals surface area (Å²) in [6.45, 7) is 10.2. The van der Waals surface area contributed by atoms with Gasteiger partial charge in [0, 0.05) is 13.1 Å². The normalized spacial score (nSPS) is 23.8. The fraction of sp³-hybridized carbons (Fsp3) is 0.571. The third kappa shape index (κ3) is 2.72. The number of morpholine rings is 1. The number of nitrogens with zero attached hydrogens (tertiary/aromatic N) is 1. The lowest BCUT2D eigenvalue weighted by Gasteiger charge is -2.43. The molecule has 0 radical (unpaired) electrons. The molecule has 0 bridgehead atoms. The quantitative estimate of drug-likeness (QED) is 0.759. The van der Waals surface area contributed by atoms with Gasteiger partial charge in [0.25, 0.3) is 0 Å². The van der Waals surface area contributed by atoms with E-state index in [1.165, 1.54) is 5.56 Å². The predicted octanol–water partition coefficient (Wildman–Crippen LogP) is 2.58. The van der Waals surface area contributed by atoms with E-state index < -0.39 is 0 Å². The number of hydrogen-bond donors (Lipinski definition) is 1. The molecule has 1 aromatic rings. The van der Waals surface area contributed by atoms with Gasteiger partial charge in [0.05, 0.1) is 23.1 Å². The van der Waals surface area contributed by atoms with Crippen LogP contribution in [0.1, 0.15) is 26.3 Å². The summed E-state index contributed by atoms with van der Waals surface area (Å²) in [5.41, 5.74) is 9.17. The van der Waals surface area contributed by atoms with Gasteiger partial charge in [0.15, 0.2) is 0 Å². The van der Waals surface area contributed by atoms with Crippen LogP contribution >= 0.6 is 0 Å². The highest BCUT2D eigenvalue weighted by Crippen LogP contribution is 2.30. The predicted molar refractivity (Wildman–Crippen MR) is 72.4 cm³/mol. The molecule has 1 saturated heterocycles. The van der Waals surface area contributed by atoms with Crippen LogP contribution in [-0.2, 0) is 4.74 Å². The van der Waals surface area contributed by atoms with Gasteiger partial charge in [-0.3, -0.25) is 0 Å². The van der Waals surface area contributed by atoms with Gasteiger partial charge in [-0.2, -0.15) is 0 Å². The van der Waals surface area contributed by atoms with Gasteiger partial charge < -0.3 is 15.4 Å². The number of benzene rings is 1. The molecule has 3 nitrogen and oxygen atoms in total. The fourth-order valence-electron chi connectivity index (χ4n) is 2.60. The Morgan fingerprint density at radius 1 is 1.41 bits per heavy atom. The van der Waals surface area contributed by atoms with Crippen LogP contribution in [0.25, 0.3) is 0 Å². The Balaban J connectivity index is 2.27. The zero-order valence-electron chi connectivity index (χ0n) is 11.2. The third-order valence-corrected chi connectivity index (χ3v) is 3.09. The first-order valence-electron chi connectivity index (χ1n) is 6.16. The SMILES string of the molecule is Cc1ccc(N2CC(C)OC(C)(C)C2)c(N)c1. The summed E-state index contributed by atoms with van der Waals surface area (Å²) in [4.78, 5) is 2.32. The molecule has 1 fully saturated rings. The Kier molecular flexibility index (Phi) is 3.04. The first kappa shape index (κ1) is 12.2. The summed E-state index contributed by atoms with van der Waals surface area (Å²) in [6.07, 6.45) is 0.236. The zero-order chi connectivity index (χ0) is 12.6. The molecule has 3 heteroatoms. The highest BCUT2D eigenvalue weighted by atomic mass is 16.5. The number of hydrogen-bond acceptors (Lipinski definition) is 3. The van der Waals surface area contributed by atoms with E-state index in [4.69, 9.17) is 10.5 Å². The van der Waals surface area contributed by atoms with Crippen LogP contribution in [0, 0.1) is 6.92 Å². The van der Waals surface area contributed by atoms with E-state index in [1.54, 1.807) is 0 Å². The summed E-state index contributed by atoms with van der Waals surface area (Å²) in [5.74, 6) is 0. The van der Waals surface area contributed by atoms with Crippen molar-refractivity contribution in [1.82, 2.24) is 0 Å². The maximum Gasteiger partial charge on any atom is 0.0805 e. The average Bonchev–Trinajstić information content (AvgIpc) is 2.13. The van der Waals surface area contributed by atoms with Crippen LogP contribution in [0.15, 0.2) is 18.2 Å². The Morgan fingerprint density at radius 3 is 2.71 bits per heavy atom. The lowest BCUT2D eigenvalue weighted by molar-refractivity contribution is -0.0749. The molecule has 0 aliphatic carbocycles. The van der Waals surface area contributed by atoms with Crippen LogP contribution in [0.2, 0.25) is 0 Å². The van der Waals surface area contributed by atoms with Crippen molar-refractivity contribution in [2.24, 2.45) is 0 Å². The van der Waals surface area contributed by atoms with Crippen molar-refractivity contribution in [2.45, 2.75) is 39.4 Å². The van der Waals surface area contributed by atoms with Crippen molar-refractivity contribution in [1.29, 1.82) is 0 Å². The Hall–Kier alpha value is -1.22. The summed E-state index contributed by atoms with van der Waals surface area (Å²) in [6, 6.07) is 6.25. The van der Waals surface area contributed by atoms with Crippen molar-refractivity contribution >= 4 is 11.4 Å². The minimum atomic E-state index is -0.116. The number of nitrogens with two attached hydrogens (primary N) is 1. The molecule has 1 heterocycles. The second-order valence-electron chi connectivity index (χ2n) is 5.63. The standard InChI is InChI=1S/C14H22N2O/c1-10-5-6-13(12(15)7-10)16-8-11(2)17-14(3,4)9-16/h5-7,11H,8-9,15H2,1-4H3. The third-order valence-electron chi connectivity index (χ3n) is 3.09. The van der Waals surface area contributed by atoms with Gasteiger partial charge in [-0.25, -0.2) is 0 Å². The second kappa shape index (κ2) is 4.22. The van der Waals surface area contributed by atoms with Crippen LogP contribution in [-0.4, -0.2) is 24.8 Å². The van der Waals surface area contributed by atoms with E-state index in [-0.39, 0.29) is 11.7 Å². The van der Waals surface area contributed by atoms with E-state index in [1.807, 2.05) is 6.07 Å². The van der Waals surface area contributed by atoms with Crippen molar-refractivity contribution in [3.8, 4) is 0 Å². The molecule has 2 N–H and O–H groups in total. The molecule has 1 aliphatic rings. The maximum absolute atomic E-state index is 6.10. The number of anilines is 2. The molecule has 1 atom stereocenters. The van der Waals surface area contributed by atoms with Gasteiger partial charge >= 0.3 is 0 Å². The van der Waals surface area contributed by atoms with Gasteiger partial charge in [0.1, 0.15) is 0 Å². The Morgan fingerprint density at radius 2 is 2.12 bits per heavy atom. The molecule has 0 saturated carbocycles. The highest BCUT2D eigenvalue weighted by molar-refractivity contribution is 5.68. The molecular formula is C14H22N2O. The summed E-state index contributed by atoms with van der Waals surface area (Å²) in [7, 11) is 0. The lowest BCUT2D eigenvalue weighted by atomic mass is 10.0. The average molecular weight is 234 g/mol. The maximum atomic E-state index is 6.10. The summed E-state index contributed by atoms with van der Waals surface area (Å²) < 4.78 is 5.91. The smallest absolute Gasteiger partial charge is 0.0805 e. The minimum absolute atomic E-state index is 0.116. The van der Waals surface area contributed by atoms with E-state index in [9.17, 15) is 0 Å². The van der Waals surface area contributed by atoms with E-state index in [0.29, 0.717) is 0 Å². The lowest BCUT2D eigenvalue weighted by Crippen LogP contribution is -2.52. The molecule has 17 heavy (non-hydrogen) atoms. The van der Waals surface area contributed by atoms with Crippen LogP contribution in [0.3, 0.4) is 0 Å². The fourth-order valence-corrected chi connectivity index (χ4v) is 2.60. The van der Waals surface area contributed by atoms with Crippen molar-refractivity contribution in [3.05, 3.63) is 23.8 Å². The molecule has 1 unspecified atom stereocenters. The van der Waals surface area contributed by atoms with E-state index >= 15 is 0 Å². The van der Waals surface area contributed by atoms with Gasteiger partial charge in [-0.15, -0.1) is 0 Å². The molecule has 0 amide bonds. The number of nitrogen functional groups attached to an aromatic ring is 1. The molecule has 1 aromatic carbocycles. The van der Waals surface area contributed by atoms with Crippen LogP contribution in [0.5, 0.6) is 0 Å². The zero-order valence-corrected chi connectivity index (χ0v) is 11.2. The van der Waals surface area contributed by atoms with E-state index in [0.717, 1.165) is 24.5 Å². The molecule has 0 aromatic heterocycles. The van der Waals surface area contributed by atoms with Crippen LogP contribution < -0.4 is 10.6 Å². The number of aryl methyl sites for hydroxylation is 1. The van der Waals surface area contributed by atoms with Gasteiger partial charge in [-0.1, -0.05) is 6.07 Å². The minimum Gasteiger partial charge on any atom is -0.397 e. The topological polar surface area (TPSA) is 38.5 Å². The number of ether oxygens (including phenoxy) is 1. The van der Waals surface area contributed by atoms with Gasteiger partial charge in [-0.05, 0) is 45.4 Å². The molecular weight excluding hydrogens is 212 g/mol. The first-order chi connectivity index (χ1) is 7.87. The second-order valence-corrected chi connectivity index (χ2v) is 5.63. The molecule has 1 aliphatic heterocycles. The van der Waals surface area contributed by atoms with Crippen molar-refractivity contribution in [2.75, 3.05) is 23.7 Å². The highest BCUT2D eigenvalue weighted by Gasteiger charge is 2.31. The largest absolute Gasteiger partial charge is 0.397 e. The van der Waals surface area contributed by atoms with Gasteiger partial charge in [0.2, 0.25) is 0 Å². The summed E-state index contributed by atoms with van der Waals surface area (Å²) in [5, 5.41) is 0. The van der Waals surface area contributed by atoms with Crippen molar-refractivity contribution in [3.63, 3.8) is 0 Å². The Labute approximate surface area is 104 Å². The molecule has 2 rings (SSSR count). The van der Waals surface area contributed by atoms with E-state index in [2.05, 4.69) is 44.7 Å².